The lowest BCUT2D eigenvalue weighted by molar-refractivity contribution is 0.420. The van der Waals surface area contributed by atoms with Crippen LogP contribution in [0.5, 0.6) is 0 Å². The Morgan fingerprint density at radius 3 is 2.56 bits per heavy atom. The van der Waals surface area contributed by atoms with E-state index < -0.39 is 11.6 Å². The van der Waals surface area contributed by atoms with Crippen LogP contribution in [-0.2, 0) is 0 Å². The third-order valence-electron chi connectivity index (χ3n) is 2.37. The van der Waals surface area contributed by atoms with E-state index >= 15 is 0 Å². The number of hydrogen-bond donors (Lipinski definition) is 0. The monoisotopic (exact) mass is 272 g/mol. The zero-order chi connectivity index (χ0) is 13.1. The fourth-order valence-corrected chi connectivity index (χ4v) is 1.85. The van der Waals surface area contributed by atoms with Crippen LogP contribution in [0.1, 0.15) is 31.0 Å². The molecule has 18 heavy (non-hydrogen) atoms. The highest BCUT2D eigenvalue weighted by molar-refractivity contribution is 6.20. The molecule has 0 aliphatic carbocycles. The molecule has 96 valence electrons. The number of hydrogen-bond acceptors (Lipinski definition) is 3. The molecule has 0 N–H and O–H groups in total. The van der Waals surface area contributed by atoms with Gasteiger partial charge in [-0.2, -0.15) is 4.98 Å². The van der Waals surface area contributed by atoms with Crippen LogP contribution < -0.4 is 0 Å². The van der Waals surface area contributed by atoms with Crippen LogP contribution >= 0.6 is 11.6 Å². The van der Waals surface area contributed by atoms with E-state index in [-0.39, 0.29) is 16.8 Å². The largest absolute Gasteiger partial charge is 0.334 e. The Bertz CT molecular complexity index is 524. The Morgan fingerprint density at radius 2 is 1.94 bits per heavy atom. The smallest absolute Gasteiger partial charge is 0.258 e. The molecule has 6 heteroatoms. The fourth-order valence-electron chi connectivity index (χ4n) is 1.54. The van der Waals surface area contributed by atoms with Crippen molar-refractivity contribution in [1.29, 1.82) is 0 Å². The molecule has 0 saturated heterocycles. The highest BCUT2D eigenvalue weighted by Crippen LogP contribution is 2.26. The summed E-state index contributed by atoms with van der Waals surface area (Å²) in [6, 6.07) is 3.04. The summed E-state index contributed by atoms with van der Waals surface area (Å²) in [7, 11) is 0. The van der Waals surface area contributed by atoms with Gasteiger partial charge in [-0.1, -0.05) is 18.5 Å². The maximum atomic E-state index is 13.0. The number of alkyl halides is 1. The van der Waals surface area contributed by atoms with Crippen molar-refractivity contribution in [1.82, 2.24) is 10.1 Å². The summed E-state index contributed by atoms with van der Waals surface area (Å²) in [5.74, 6) is -0.996. The van der Waals surface area contributed by atoms with Gasteiger partial charge in [-0.3, -0.25) is 0 Å². The molecule has 2 aromatic rings. The summed E-state index contributed by atoms with van der Waals surface area (Å²) in [4.78, 5) is 4.04. The summed E-state index contributed by atoms with van der Waals surface area (Å²) in [5.41, 5.74) is 0.201. The zero-order valence-corrected chi connectivity index (χ0v) is 10.4. The molecule has 0 bridgehead atoms. The minimum atomic E-state index is -0.694. The first-order valence-corrected chi connectivity index (χ1v) is 5.98. The summed E-state index contributed by atoms with van der Waals surface area (Å²) in [6.07, 6.45) is 1.59. The molecular formula is C12H11ClF2N2O. The second-order valence-electron chi connectivity index (χ2n) is 3.87. The molecule has 0 spiro atoms. The van der Waals surface area contributed by atoms with Gasteiger partial charge in [0.25, 0.3) is 5.89 Å². The Kier molecular flexibility index (Phi) is 3.91. The van der Waals surface area contributed by atoms with Gasteiger partial charge in [0.15, 0.2) is 5.82 Å². The van der Waals surface area contributed by atoms with Crippen LogP contribution in [0.4, 0.5) is 8.78 Å². The quantitative estimate of drug-likeness (QED) is 0.787. The van der Waals surface area contributed by atoms with E-state index in [9.17, 15) is 8.78 Å². The number of benzene rings is 1. The maximum Gasteiger partial charge on any atom is 0.258 e. The minimum Gasteiger partial charge on any atom is -0.334 e. The van der Waals surface area contributed by atoms with Crippen LogP contribution in [0, 0.1) is 11.6 Å². The van der Waals surface area contributed by atoms with Crippen molar-refractivity contribution in [2.24, 2.45) is 0 Å². The third-order valence-corrected chi connectivity index (χ3v) is 2.79. The molecule has 0 saturated carbocycles. The Hall–Kier alpha value is -1.49. The van der Waals surface area contributed by atoms with E-state index in [2.05, 4.69) is 10.1 Å². The molecule has 0 fully saturated rings. The molecule has 1 unspecified atom stereocenters. The highest BCUT2D eigenvalue weighted by atomic mass is 35.5. The first-order chi connectivity index (χ1) is 8.60. The van der Waals surface area contributed by atoms with Gasteiger partial charge in [-0.15, -0.1) is 11.6 Å². The summed E-state index contributed by atoms with van der Waals surface area (Å²) in [5, 5.41) is 3.35. The molecule has 0 aliphatic rings. The lowest BCUT2D eigenvalue weighted by atomic mass is 10.2. The summed E-state index contributed by atoms with van der Waals surface area (Å²) >= 11 is 6.04. The maximum absolute atomic E-state index is 13.0. The minimum absolute atomic E-state index is 0.0603. The van der Waals surface area contributed by atoms with Gasteiger partial charge in [-0.25, -0.2) is 8.78 Å². The van der Waals surface area contributed by atoms with Crippen molar-refractivity contribution >= 4 is 11.6 Å². The van der Waals surface area contributed by atoms with Gasteiger partial charge >= 0.3 is 0 Å². The van der Waals surface area contributed by atoms with Gasteiger partial charge in [-0.05, 0) is 18.6 Å². The first-order valence-electron chi connectivity index (χ1n) is 5.54. The SMILES string of the molecule is CCCC(Cl)c1noc(-c2cc(F)cc(F)c2)n1. The van der Waals surface area contributed by atoms with E-state index in [1.165, 1.54) is 0 Å². The molecular weight excluding hydrogens is 262 g/mol. The van der Waals surface area contributed by atoms with Crippen molar-refractivity contribution in [2.75, 3.05) is 0 Å². The molecule has 1 heterocycles. The number of rotatable bonds is 4. The van der Waals surface area contributed by atoms with Crippen molar-refractivity contribution < 1.29 is 13.3 Å². The predicted molar refractivity (Wildman–Crippen MR) is 63.2 cm³/mol. The standard InChI is InChI=1S/C12H11ClF2N2O/c1-2-3-10(13)11-16-12(18-17-11)7-4-8(14)6-9(15)5-7/h4-6,10H,2-3H2,1H3. The van der Waals surface area contributed by atoms with Crippen LogP contribution in [0.2, 0.25) is 0 Å². The number of nitrogens with zero attached hydrogens (tertiary/aromatic N) is 2. The average Bonchev–Trinajstić information content (AvgIpc) is 2.77. The summed E-state index contributed by atoms with van der Waals surface area (Å²) < 4.78 is 31.0. The second kappa shape index (κ2) is 5.44. The molecule has 1 aromatic heterocycles. The highest BCUT2D eigenvalue weighted by Gasteiger charge is 2.16. The molecule has 0 amide bonds. The predicted octanol–water partition coefficient (Wildman–Crippen LogP) is 4.09. The average molecular weight is 273 g/mol. The van der Waals surface area contributed by atoms with Gasteiger partial charge in [0.05, 0.1) is 5.38 Å². The van der Waals surface area contributed by atoms with Gasteiger partial charge in [0.1, 0.15) is 11.6 Å². The fraction of sp³-hybridized carbons (Fsp3) is 0.333. The molecule has 0 aliphatic heterocycles. The van der Waals surface area contributed by atoms with Crippen LogP contribution in [-0.4, -0.2) is 10.1 Å². The normalized spacial score (nSPS) is 12.7. The van der Waals surface area contributed by atoms with E-state index in [0.717, 1.165) is 24.6 Å². The Morgan fingerprint density at radius 1 is 1.28 bits per heavy atom. The first kappa shape index (κ1) is 13.0. The second-order valence-corrected chi connectivity index (χ2v) is 4.40. The van der Waals surface area contributed by atoms with E-state index in [0.29, 0.717) is 12.2 Å². The third kappa shape index (κ3) is 2.85. The lowest BCUT2D eigenvalue weighted by Gasteiger charge is -1.99. The van der Waals surface area contributed by atoms with E-state index in [4.69, 9.17) is 16.1 Å². The van der Waals surface area contributed by atoms with E-state index in [1.807, 2.05) is 6.92 Å². The summed E-state index contributed by atoms with van der Waals surface area (Å²) in [6.45, 7) is 1.98. The number of aromatic nitrogens is 2. The Labute approximate surface area is 108 Å². The topological polar surface area (TPSA) is 38.9 Å². The molecule has 2 rings (SSSR count). The zero-order valence-electron chi connectivity index (χ0n) is 9.66. The molecule has 1 aromatic carbocycles. The van der Waals surface area contributed by atoms with Crippen molar-refractivity contribution in [3.63, 3.8) is 0 Å². The van der Waals surface area contributed by atoms with E-state index in [1.54, 1.807) is 0 Å². The molecule has 0 radical (unpaired) electrons. The lowest BCUT2D eigenvalue weighted by Crippen LogP contribution is -1.92. The Balaban J connectivity index is 2.29. The van der Waals surface area contributed by atoms with Gasteiger partial charge in [0, 0.05) is 11.6 Å². The van der Waals surface area contributed by atoms with Crippen LogP contribution in [0.25, 0.3) is 11.5 Å². The molecule has 3 nitrogen and oxygen atoms in total. The molecule has 1 atom stereocenters. The van der Waals surface area contributed by atoms with Gasteiger partial charge in [0.2, 0.25) is 0 Å². The van der Waals surface area contributed by atoms with Crippen molar-refractivity contribution in [3.05, 3.63) is 35.7 Å². The van der Waals surface area contributed by atoms with Crippen molar-refractivity contribution in [2.45, 2.75) is 25.1 Å². The van der Waals surface area contributed by atoms with Crippen molar-refractivity contribution in [3.8, 4) is 11.5 Å². The van der Waals surface area contributed by atoms with Crippen LogP contribution in [0.15, 0.2) is 22.7 Å². The van der Waals surface area contributed by atoms with Crippen LogP contribution in [0.3, 0.4) is 0 Å². The number of halogens is 3. The van der Waals surface area contributed by atoms with Gasteiger partial charge < -0.3 is 4.52 Å².